The number of nitrogens with one attached hydrogen (secondary N) is 2. The summed E-state index contributed by atoms with van der Waals surface area (Å²) in [7, 11) is 0. The fourth-order valence-corrected chi connectivity index (χ4v) is 3.61. The highest BCUT2D eigenvalue weighted by atomic mass is 16.5. The molecule has 4 rings (SSSR count). The van der Waals surface area contributed by atoms with Crippen molar-refractivity contribution in [1.82, 2.24) is 19.9 Å². The van der Waals surface area contributed by atoms with E-state index in [4.69, 9.17) is 10.1 Å². The van der Waals surface area contributed by atoms with Crippen molar-refractivity contribution in [3.05, 3.63) is 64.7 Å². The lowest BCUT2D eigenvalue weighted by Crippen LogP contribution is -2.37. The van der Waals surface area contributed by atoms with E-state index in [1.165, 1.54) is 18.0 Å². The fraction of sp³-hybridized carbons (Fsp3) is 0.318. The number of likely N-dealkylation sites (tertiary alicyclic amines) is 1. The molecule has 1 fully saturated rings. The van der Waals surface area contributed by atoms with E-state index < -0.39 is 6.10 Å². The Kier molecular flexibility index (Phi) is 6.24. The summed E-state index contributed by atoms with van der Waals surface area (Å²) in [6, 6.07) is 12.2. The van der Waals surface area contributed by atoms with Gasteiger partial charge in [0.1, 0.15) is 0 Å². The number of ether oxygens (including phenoxy) is 1. The van der Waals surface area contributed by atoms with Gasteiger partial charge in [0.15, 0.2) is 6.10 Å². The average molecular weight is 404 g/mol. The van der Waals surface area contributed by atoms with Crippen molar-refractivity contribution in [2.75, 3.05) is 13.1 Å². The summed E-state index contributed by atoms with van der Waals surface area (Å²) in [5.41, 5.74) is 1.44. The van der Waals surface area contributed by atoms with E-state index in [1.54, 1.807) is 12.3 Å². The van der Waals surface area contributed by atoms with Gasteiger partial charge in [-0.25, -0.2) is 0 Å². The number of pyridine rings is 1. The minimum atomic E-state index is -0.702. The molecule has 1 aliphatic heterocycles. The number of rotatable bonds is 7. The van der Waals surface area contributed by atoms with Crippen LogP contribution < -0.4 is 10.3 Å². The topological polar surface area (TPSA) is 107 Å². The van der Waals surface area contributed by atoms with E-state index in [2.05, 4.69) is 49.1 Å². The van der Waals surface area contributed by atoms with Crippen LogP contribution in [0, 0.1) is 5.41 Å². The average Bonchev–Trinajstić information content (AvgIpc) is 2.77. The number of aromatic nitrogens is 3. The third-order valence-electron chi connectivity index (χ3n) is 5.07. The zero-order chi connectivity index (χ0) is 20.8. The van der Waals surface area contributed by atoms with Gasteiger partial charge < -0.3 is 10.1 Å². The zero-order valence-electron chi connectivity index (χ0n) is 16.6. The molecule has 2 atom stereocenters. The maximum Gasteiger partial charge on any atom is 0.298 e. The van der Waals surface area contributed by atoms with Crippen molar-refractivity contribution < 1.29 is 4.74 Å². The lowest BCUT2D eigenvalue weighted by atomic mass is 10.1. The van der Waals surface area contributed by atoms with E-state index >= 15 is 0 Å². The summed E-state index contributed by atoms with van der Waals surface area (Å²) in [5.74, 6) is 0. The molecule has 3 heterocycles. The molecule has 3 aromatic rings. The Hall–Kier alpha value is -3.39. The monoisotopic (exact) mass is 404 g/mol. The molecule has 0 spiro atoms. The molecule has 0 bridgehead atoms. The molecule has 0 saturated carbocycles. The van der Waals surface area contributed by atoms with Crippen molar-refractivity contribution in [2.24, 2.45) is 4.99 Å². The molecule has 8 heteroatoms. The van der Waals surface area contributed by atoms with Crippen molar-refractivity contribution in [1.29, 1.82) is 5.41 Å². The lowest BCUT2D eigenvalue weighted by Gasteiger charge is -2.30. The molecular weight excluding hydrogens is 380 g/mol. The minimum absolute atomic E-state index is 0.0507. The number of hydrogen-bond acceptors (Lipinski definition) is 7. The highest BCUT2D eigenvalue weighted by Crippen LogP contribution is 2.16. The van der Waals surface area contributed by atoms with Crippen LogP contribution >= 0.6 is 0 Å². The molecule has 1 aliphatic rings. The van der Waals surface area contributed by atoms with Gasteiger partial charge in [0.2, 0.25) is 0 Å². The molecule has 1 aromatic carbocycles. The standard InChI is InChI=1S/C22H24N6O2/c23-11-18(30-22-26-20-13-24-9-8-19(20)21(29)27-22)12-25-17-7-4-10-28(15-17)14-16-5-2-1-3-6-16/h1-3,5-6,8-9,11-13,17-18,23H,4,7,10,14-15H2,(H,26,27,29). The van der Waals surface area contributed by atoms with Crippen molar-refractivity contribution in [3.8, 4) is 6.01 Å². The number of fused-ring (bicyclic) bond motifs is 1. The minimum Gasteiger partial charge on any atom is -0.450 e. The van der Waals surface area contributed by atoms with Crippen LogP contribution in [0.1, 0.15) is 18.4 Å². The van der Waals surface area contributed by atoms with Gasteiger partial charge in [-0.05, 0) is 31.0 Å². The van der Waals surface area contributed by atoms with Crippen molar-refractivity contribution >= 4 is 23.3 Å². The number of nitrogens with zero attached hydrogens (tertiary/aromatic N) is 4. The van der Waals surface area contributed by atoms with Crippen LogP contribution in [0.3, 0.4) is 0 Å². The van der Waals surface area contributed by atoms with Crippen molar-refractivity contribution in [3.63, 3.8) is 0 Å². The van der Waals surface area contributed by atoms with Crippen LogP contribution in [0.2, 0.25) is 0 Å². The van der Waals surface area contributed by atoms with Gasteiger partial charge in [-0.15, -0.1) is 0 Å². The molecule has 8 nitrogen and oxygen atoms in total. The Morgan fingerprint density at radius 3 is 3.03 bits per heavy atom. The molecular formula is C22H24N6O2. The third kappa shape index (κ3) is 4.96. The van der Waals surface area contributed by atoms with Gasteiger partial charge in [-0.1, -0.05) is 30.3 Å². The zero-order valence-corrected chi connectivity index (χ0v) is 16.6. The molecule has 30 heavy (non-hydrogen) atoms. The van der Waals surface area contributed by atoms with E-state index in [0.29, 0.717) is 10.9 Å². The smallest absolute Gasteiger partial charge is 0.298 e. The first-order valence-electron chi connectivity index (χ1n) is 10.0. The summed E-state index contributed by atoms with van der Waals surface area (Å²) in [4.78, 5) is 30.1. The van der Waals surface area contributed by atoms with Gasteiger partial charge in [-0.2, -0.15) is 4.98 Å². The molecule has 0 aliphatic carbocycles. The predicted molar refractivity (Wildman–Crippen MR) is 117 cm³/mol. The molecule has 2 unspecified atom stereocenters. The first-order chi connectivity index (χ1) is 14.7. The number of benzene rings is 1. The van der Waals surface area contributed by atoms with Crippen LogP contribution in [-0.2, 0) is 6.54 Å². The van der Waals surface area contributed by atoms with Gasteiger partial charge in [-0.3, -0.25) is 24.7 Å². The van der Waals surface area contributed by atoms with Crippen LogP contribution in [0.5, 0.6) is 6.01 Å². The molecule has 2 N–H and O–H groups in total. The van der Waals surface area contributed by atoms with Gasteiger partial charge in [0, 0.05) is 31.7 Å². The van der Waals surface area contributed by atoms with Crippen LogP contribution in [0.15, 0.2) is 58.6 Å². The second-order valence-corrected chi connectivity index (χ2v) is 7.33. The number of aliphatic imine (C=N–C) groups is 1. The lowest BCUT2D eigenvalue weighted by molar-refractivity contribution is 0.202. The molecule has 1 saturated heterocycles. The second kappa shape index (κ2) is 9.41. The second-order valence-electron chi connectivity index (χ2n) is 7.33. The maximum atomic E-state index is 12.2. The van der Waals surface area contributed by atoms with E-state index in [9.17, 15) is 4.79 Å². The first kappa shape index (κ1) is 19.9. The van der Waals surface area contributed by atoms with E-state index in [1.807, 2.05) is 6.07 Å². The summed E-state index contributed by atoms with van der Waals surface area (Å²) < 4.78 is 5.67. The Morgan fingerprint density at radius 2 is 2.20 bits per heavy atom. The SMILES string of the molecule is N=CC(C=NC1CCCN(Cc2ccccc2)C1)Oc1nc2cnccc2c(=O)[nH]1. The summed E-state index contributed by atoms with van der Waals surface area (Å²) in [6.45, 7) is 2.84. The Balaban J connectivity index is 1.39. The Labute approximate surface area is 174 Å². The number of piperidine rings is 1. The Morgan fingerprint density at radius 1 is 1.33 bits per heavy atom. The summed E-state index contributed by atoms with van der Waals surface area (Å²) in [5, 5.41) is 8.09. The molecule has 2 aromatic heterocycles. The first-order valence-corrected chi connectivity index (χ1v) is 10.0. The normalized spacial score (nSPS) is 18.5. The van der Waals surface area contributed by atoms with Crippen LogP contribution in [0.25, 0.3) is 10.9 Å². The van der Waals surface area contributed by atoms with Gasteiger partial charge in [0.25, 0.3) is 11.6 Å². The fourth-order valence-electron chi connectivity index (χ4n) is 3.61. The molecule has 154 valence electrons. The van der Waals surface area contributed by atoms with Crippen molar-refractivity contribution in [2.45, 2.75) is 31.5 Å². The van der Waals surface area contributed by atoms with E-state index in [0.717, 1.165) is 38.7 Å². The number of H-pyrrole nitrogens is 1. The quantitative estimate of drug-likeness (QED) is 0.588. The highest BCUT2D eigenvalue weighted by molar-refractivity contribution is 5.85. The highest BCUT2D eigenvalue weighted by Gasteiger charge is 2.19. The largest absolute Gasteiger partial charge is 0.450 e. The predicted octanol–water partition coefficient (Wildman–Crippen LogP) is 2.45. The number of aromatic amines is 1. The molecule has 0 radical (unpaired) electrons. The van der Waals surface area contributed by atoms with Crippen LogP contribution in [-0.4, -0.2) is 57.5 Å². The van der Waals surface area contributed by atoms with Gasteiger partial charge in [0.05, 0.1) is 23.1 Å². The third-order valence-corrected chi connectivity index (χ3v) is 5.07. The Bertz CT molecular complexity index is 1080. The van der Waals surface area contributed by atoms with E-state index in [-0.39, 0.29) is 17.6 Å². The number of hydrogen-bond donors (Lipinski definition) is 2. The molecule has 0 amide bonds. The summed E-state index contributed by atoms with van der Waals surface area (Å²) in [6.07, 6.45) is 7.19. The van der Waals surface area contributed by atoms with Gasteiger partial charge >= 0.3 is 0 Å². The maximum absolute atomic E-state index is 12.2. The summed E-state index contributed by atoms with van der Waals surface area (Å²) >= 11 is 0. The van der Waals surface area contributed by atoms with Crippen LogP contribution in [0.4, 0.5) is 0 Å².